The van der Waals surface area contributed by atoms with Gasteiger partial charge in [-0.15, -0.1) is 0 Å². The number of halogens is 1. The van der Waals surface area contributed by atoms with Crippen molar-refractivity contribution in [2.75, 3.05) is 26.2 Å². The Labute approximate surface area is 203 Å². The Kier molecular flexibility index (Phi) is 25.1. The Hall–Kier alpha value is 0.170. The van der Waals surface area contributed by atoms with Crippen LogP contribution < -0.4 is 17.7 Å². The van der Waals surface area contributed by atoms with Crippen LogP contribution >= 0.6 is 0 Å². The molecule has 0 saturated heterocycles. The topological polar surface area (TPSA) is 32.3 Å². The van der Waals surface area contributed by atoms with Crippen molar-refractivity contribution in [2.45, 2.75) is 150 Å². The maximum atomic E-state index is 9.88. The van der Waals surface area contributed by atoms with E-state index < -0.39 is 0 Å². The van der Waals surface area contributed by atoms with Gasteiger partial charge in [0.15, 0.2) is 0 Å². The van der Waals surface area contributed by atoms with Crippen LogP contribution in [-0.4, -0.2) is 48.0 Å². The predicted octanol–water partition coefficient (Wildman–Crippen LogP) is 4.42. The van der Waals surface area contributed by atoms with Gasteiger partial charge in [-0.1, -0.05) is 103 Å². The molecule has 31 heavy (non-hydrogen) atoms. The van der Waals surface area contributed by atoms with Crippen LogP contribution in [-0.2, 0) is 0 Å². The second-order valence-corrected chi connectivity index (χ2v) is 9.82. The number of unbranched alkanes of at least 4 members (excludes halogenated alkanes) is 15. The highest BCUT2D eigenvalue weighted by Crippen LogP contribution is 2.15. The Morgan fingerprint density at radius 3 is 1.29 bits per heavy atom. The lowest BCUT2D eigenvalue weighted by molar-refractivity contribution is -0.951. The molecule has 0 amide bonds. The van der Waals surface area contributed by atoms with E-state index in [2.05, 4.69) is 33.0 Å². The number of nitrogens with zero attached hydrogens (tertiary/aromatic N) is 1. The van der Waals surface area contributed by atoms with Crippen molar-refractivity contribution in [3.8, 4) is 0 Å². The first-order valence-electron chi connectivity index (χ1n) is 13.8. The van der Waals surface area contributed by atoms with Crippen LogP contribution in [0, 0.1) is 0 Å². The summed E-state index contributed by atoms with van der Waals surface area (Å²) in [5.74, 6) is 0. The number of likely N-dealkylation sites (N-methyl/N-ethyl adjacent to an activating group) is 1. The molecule has 0 radical (unpaired) electrons. The predicted molar refractivity (Wildman–Crippen MR) is 135 cm³/mol. The Morgan fingerprint density at radius 1 is 0.613 bits per heavy atom. The number of aliphatic hydroxyl groups is 1. The molecule has 0 bridgehead atoms. The molecule has 2 N–H and O–H groups in total. The van der Waals surface area contributed by atoms with Gasteiger partial charge in [-0.25, -0.2) is 0 Å². The monoisotopic (exact) mass is 462 g/mol. The van der Waals surface area contributed by atoms with Crippen LogP contribution in [0.5, 0.6) is 0 Å². The van der Waals surface area contributed by atoms with Crippen molar-refractivity contribution in [3.63, 3.8) is 0 Å². The fourth-order valence-corrected chi connectivity index (χ4v) is 4.89. The molecule has 0 aromatic carbocycles. The summed E-state index contributed by atoms with van der Waals surface area (Å²) in [6.07, 6.45) is 23.0. The van der Waals surface area contributed by atoms with E-state index in [-0.39, 0.29) is 18.5 Å². The summed E-state index contributed by atoms with van der Waals surface area (Å²) in [4.78, 5) is 0. The molecule has 0 heterocycles. The van der Waals surface area contributed by atoms with Gasteiger partial charge in [0.25, 0.3) is 0 Å². The van der Waals surface area contributed by atoms with E-state index >= 15 is 0 Å². The highest BCUT2D eigenvalue weighted by molar-refractivity contribution is 4.57. The molecule has 2 atom stereocenters. The smallest absolute Gasteiger partial charge is 0.140 e. The van der Waals surface area contributed by atoms with Crippen molar-refractivity contribution < 1.29 is 22.0 Å². The summed E-state index contributed by atoms with van der Waals surface area (Å²) in [6, 6.07) is 0. The zero-order valence-electron chi connectivity index (χ0n) is 22.1. The summed E-state index contributed by atoms with van der Waals surface area (Å²) in [6.45, 7) is 15.1. The standard InChI is InChI=1S/C27H59N2O.ClH/c1-6-9-10-11-12-13-14-15-16-17-18-19-20-21-22-23-24-28-27(5)29(7-2,8-3)25-26(4)30;/h26-28,30H,6-25H2,1-5H3;1H/q+1;/p-1. The second kappa shape index (κ2) is 23.3. The minimum absolute atomic E-state index is 0. The van der Waals surface area contributed by atoms with Gasteiger partial charge in [0.1, 0.15) is 18.8 Å². The minimum Gasteiger partial charge on any atom is -1.00 e. The fraction of sp³-hybridized carbons (Fsp3) is 1.00. The Bertz CT molecular complexity index is 348. The number of aliphatic hydroxyl groups excluding tert-OH is 1. The molecular weight excluding hydrogens is 404 g/mol. The minimum atomic E-state index is -0.232. The molecule has 0 aliphatic carbocycles. The molecule has 2 unspecified atom stereocenters. The van der Waals surface area contributed by atoms with Crippen LogP contribution in [0.4, 0.5) is 0 Å². The van der Waals surface area contributed by atoms with Gasteiger partial charge < -0.3 is 22.0 Å². The maximum absolute atomic E-state index is 9.88. The molecule has 0 aromatic heterocycles. The van der Waals surface area contributed by atoms with Gasteiger partial charge in [0.05, 0.1) is 13.1 Å². The number of hydrogen-bond donors (Lipinski definition) is 2. The van der Waals surface area contributed by atoms with Crippen molar-refractivity contribution in [3.05, 3.63) is 0 Å². The van der Waals surface area contributed by atoms with Gasteiger partial charge in [-0.05, 0) is 27.2 Å². The number of rotatable bonds is 23. The third kappa shape index (κ3) is 18.3. The zero-order valence-corrected chi connectivity index (χ0v) is 22.8. The highest BCUT2D eigenvalue weighted by atomic mass is 35.5. The first-order chi connectivity index (χ1) is 14.5. The van der Waals surface area contributed by atoms with Crippen molar-refractivity contribution >= 4 is 0 Å². The van der Waals surface area contributed by atoms with E-state index in [9.17, 15) is 5.11 Å². The summed E-state index contributed by atoms with van der Waals surface area (Å²) in [7, 11) is 0. The number of nitrogens with one attached hydrogen (secondary N) is 1. The lowest BCUT2D eigenvalue weighted by atomic mass is 10.0. The molecule has 0 spiro atoms. The normalized spacial score (nSPS) is 13.7. The van der Waals surface area contributed by atoms with Gasteiger partial charge >= 0.3 is 0 Å². The second-order valence-electron chi connectivity index (χ2n) is 9.82. The molecule has 0 fully saturated rings. The zero-order chi connectivity index (χ0) is 22.5. The summed E-state index contributed by atoms with van der Waals surface area (Å²) in [5.41, 5.74) is 0. The quantitative estimate of drug-likeness (QED) is 0.134. The molecular formula is C27H59ClN2O. The van der Waals surface area contributed by atoms with Crippen molar-refractivity contribution in [2.24, 2.45) is 0 Å². The lowest BCUT2D eigenvalue weighted by Crippen LogP contribution is -3.00. The third-order valence-electron chi connectivity index (χ3n) is 7.18. The van der Waals surface area contributed by atoms with E-state index in [0.717, 1.165) is 30.7 Å². The maximum Gasteiger partial charge on any atom is 0.140 e. The van der Waals surface area contributed by atoms with Crippen molar-refractivity contribution in [1.29, 1.82) is 0 Å². The van der Waals surface area contributed by atoms with Gasteiger partial charge in [-0.2, -0.15) is 0 Å². The van der Waals surface area contributed by atoms with Crippen molar-refractivity contribution in [1.82, 2.24) is 5.32 Å². The Balaban J connectivity index is 0. The SMILES string of the molecule is CCCCCCCCCCCCCCCCCCNC(C)[N+](CC)(CC)CC(C)O.[Cl-]. The van der Waals surface area contributed by atoms with E-state index in [1.165, 1.54) is 103 Å². The average molecular weight is 463 g/mol. The van der Waals surface area contributed by atoms with Crippen LogP contribution in [0.15, 0.2) is 0 Å². The Morgan fingerprint density at radius 2 is 0.968 bits per heavy atom. The molecule has 0 aliphatic heterocycles. The fourth-order valence-electron chi connectivity index (χ4n) is 4.89. The van der Waals surface area contributed by atoms with Gasteiger partial charge in [-0.3, -0.25) is 5.32 Å². The van der Waals surface area contributed by atoms with Gasteiger partial charge in [0.2, 0.25) is 0 Å². The molecule has 4 heteroatoms. The molecule has 0 rings (SSSR count). The van der Waals surface area contributed by atoms with E-state index in [4.69, 9.17) is 0 Å². The van der Waals surface area contributed by atoms with Crippen LogP contribution in [0.2, 0.25) is 0 Å². The first kappa shape index (κ1) is 33.3. The summed E-state index contributed by atoms with van der Waals surface area (Å²) < 4.78 is 0.969. The molecule has 0 aliphatic rings. The summed E-state index contributed by atoms with van der Waals surface area (Å²) in [5, 5.41) is 13.6. The van der Waals surface area contributed by atoms with Crippen LogP contribution in [0.1, 0.15) is 137 Å². The molecule has 0 saturated carbocycles. The molecule has 190 valence electrons. The van der Waals surface area contributed by atoms with E-state index in [0.29, 0.717) is 6.17 Å². The molecule has 3 nitrogen and oxygen atoms in total. The highest BCUT2D eigenvalue weighted by Gasteiger charge is 2.31. The largest absolute Gasteiger partial charge is 1.00 e. The number of quaternary nitrogens is 1. The molecule has 0 aromatic rings. The van der Waals surface area contributed by atoms with Crippen LogP contribution in [0.3, 0.4) is 0 Å². The van der Waals surface area contributed by atoms with Gasteiger partial charge in [0, 0.05) is 13.5 Å². The first-order valence-corrected chi connectivity index (χ1v) is 13.8. The third-order valence-corrected chi connectivity index (χ3v) is 7.18. The number of hydrogen-bond acceptors (Lipinski definition) is 2. The van der Waals surface area contributed by atoms with Crippen LogP contribution in [0.25, 0.3) is 0 Å². The summed E-state index contributed by atoms with van der Waals surface area (Å²) >= 11 is 0. The van der Waals surface area contributed by atoms with E-state index in [1.54, 1.807) is 0 Å². The van der Waals surface area contributed by atoms with E-state index in [1.807, 2.05) is 6.92 Å². The average Bonchev–Trinajstić information content (AvgIpc) is 2.73. The lowest BCUT2D eigenvalue weighted by Gasteiger charge is -2.43.